The second kappa shape index (κ2) is 4.06. The molecule has 2 heterocycles. The lowest BCUT2D eigenvalue weighted by atomic mass is 10.1. The highest BCUT2D eigenvalue weighted by Crippen LogP contribution is 2.24. The van der Waals surface area contributed by atoms with Crippen LogP contribution >= 0.6 is 0 Å². The van der Waals surface area contributed by atoms with Crippen LogP contribution in [-0.2, 0) is 0 Å². The lowest BCUT2D eigenvalue weighted by molar-refractivity contribution is 0.913. The van der Waals surface area contributed by atoms with Crippen LogP contribution in [0.4, 0.5) is 0 Å². The van der Waals surface area contributed by atoms with Crippen LogP contribution in [0, 0.1) is 0 Å². The van der Waals surface area contributed by atoms with Gasteiger partial charge in [-0.15, -0.1) is 0 Å². The van der Waals surface area contributed by atoms with Gasteiger partial charge in [-0.25, -0.2) is 0 Å². The maximum absolute atomic E-state index is 11.5. The molecule has 0 saturated carbocycles. The minimum absolute atomic E-state index is 0.0221. The summed E-state index contributed by atoms with van der Waals surface area (Å²) >= 11 is 0. The fourth-order valence-electron chi connectivity index (χ4n) is 2.51. The number of hydrogen-bond donors (Lipinski definition) is 1. The standard InChI is InChI=1S/C16H11N3O/c20-13-6-7-14-15(8-13)17-9-11-10-18-19(16(11)14)12-4-2-1-3-5-12/h1-10,18H. The van der Waals surface area contributed by atoms with Crippen molar-refractivity contribution in [2.24, 2.45) is 0 Å². The van der Waals surface area contributed by atoms with E-state index in [9.17, 15) is 4.79 Å². The molecule has 0 saturated heterocycles. The second-order valence-corrected chi connectivity index (χ2v) is 4.69. The van der Waals surface area contributed by atoms with E-state index < -0.39 is 0 Å². The van der Waals surface area contributed by atoms with Gasteiger partial charge in [-0.1, -0.05) is 18.2 Å². The smallest absolute Gasteiger partial charge is 0.180 e. The summed E-state index contributed by atoms with van der Waals surface area (Å²) < 4.78 is 2.00. The Morgan fingerprint density at radius 2 is 1.90 bits per heavy atom. The third-order valence-electron chi connectivity index (χ3n) is 3.43. The number of aromatic nitrogens is 3. The zero-order valence-corrected chi connectivity index (χ0v) is 10.6. The molecule has 0 amide bonds. The first-order valence-corrected chi connectivity index (χ1v) is 6.37. The van der Waals surface area contributed by atoms with Crippen LogP contribution in [0.5, 0.6) is 0 Å². The SMILES string of the molecule is O=c1ccc2c(c1)ncc1c[nH]n(-c3ccccc3)c12. The highest BCUT2D eigenvalue weighted by molar-refractivity contribution is 6.03. The number of rotatable bonds is 1. The summed E-state index contributed by atoms with van der Waals surface area (Å²) in [4.78, 5) is 15.8. The molecule has 4 aromatic rings. The molecule has 0 spiro atoms. The van der Waals surface area contributed by atoms with Crippen LogP contribution in [-0.4, -0.2) is 14.8 Å². The molecular formula is C16H11N3O. The number of nitrogens with one attached hydrogen (secondary N) is 1. The molecule has 4 nitrogen and oxygen atoms in total. The highest BCUT2D eigenvalue weighted by Gasteiger charge is 2.08. The zero-order chi connectivity index (χ0) is 13.5. The monoisotopic (exact) mass is 261 g/mol. The Hall–Kier alpha value is -2.88. The Morgan fingerprint density at radius 1 is 1.05 bits per heavy atom. The van der Waals surface area contributed by atoms with E-state index in [0.29, 0.717) is 5.52 Å². The van der Waals surface area contributed by atoms with E-state index in [1.807, 2.05) is 47.3 Å². The lowest BCUT2D eigenvalue weighted by Gasteiger charge is -2.06. The first kappa shape index (κ1) is 11.0. The number of hydrogen-bond acceptors (Lipinski definition) is 2. The predicted molar refractivity (Wildman–Crippen MR) is 79.2 cm³/mol. The fraction of sp³-hybridized carbons (Fsp3) is 0. The van der Waals surface area contributed by atoms with E-state index in [2.05, 4.69) is 10.1 Å². The Labute approximate surface area is 114 Å². The molecule has 0 atom stereocenters. The molecule has 0 fully saturated rings. The van der Waals surface area contributed by atoms with Gasteiger partial charge in [-0.2, -0.15) is 0 Å². The van der Waals surface area contributed by atoms with Crippen LogP contribution < -0.4 is 5.43 Å². The largest absolute Gasteiger partial charge is 0.300 e. The van der Waals surface area contributed by atoms with Gasteiger partial charge in [0.2, 0.25) is 0 Å². The van der Waals surface area contributed by atoms with Gasteiger partial charge in [0.15, 0.2) is 5.43 Å². The number of pyridine rings is 1. The van der Waals surface area contributed by atoms with Gasteiger partial charge >= 0.3 is 0 Å². The lowest BCUT2D eigenvalue weighted by Crippen LogP contribution is -1.99. The van der Waals surface area contributed by atoms with Crippen LogP contribution in [0.1, 0.15) is 0 Å². The van der Waals surface area contributed by atoms with Crippen molar-refractivity contribution < 1.29 is 0 Å². The van der Waals surface area contributed by atoms with E-state index in [0.717, 1.165) is 22.0 Å². The number of para-hydroxylation sites is 1. The molecule has 0 radical (unpaired) electrons. The predicted octanol–water partition coefficient (Wildman–Crippen LogP) is 2.87. The number of nitrogens with zero attached hydrogens (tertiary/aromatic N) is 2. The number of aromatic amines is 1. The molecule has 4 rings (SSSR count). The summed E-state index contributed by atoms with van der Waals surface area (Å²) in [5, 5.41) is 5.21. The van der Waals surface area contributed by atoms with Crippen molar-refractivity contribution in [1.29, 1.82) is 0 Å². The van der Waals surface area contributed by atoms with Crippen LogP contribution in [0.3, 0.4) is 0 Å². The van der Waals surface area contributed by atoms with Crippen molar-refractivity contribution in [1.82, 2.24) is 14.8 Å². The maximum atomic E-state index is 11.5. The summed E-state index contributed by atoms with van der Waals surface area (Å²) in [5.41, 5.74) is 2.77. The molecule has 2 aromatic carbocycles. The summed E-state index contributed by atoms with van der Waals surface area (Å²) in [6, 6.07) is 15.0. The van der Waals surface area contributed by atoms with Gasteiger partial charge in [-0.05, 0) is 24.3 Å². The molecular weight excluding hydrogens is 250 g/mol. The van der Waals surface area contributed by atoms with Gasteiger partial charge in [-0.3, -0.25) is 14.5 Å². The first-order chi connectivity index (χ1) is 9.83. The number of H-pyrrole nitrogens is 1. The van der Waals surface area contributed by atoms with Crippen LogP contribution in [0.15, 0.2) is 65.7 Å². The third-order valence-corrected chi connectivity index (χ3v) is 3.43. The van der Waals surface area contributed by atoms with Crippen molar-refractivity contribution in [2.75, 3.05) is 0 Å². The minimum atomic E-state index is -0.0221. The van der Waals surface area contributed by atoms with Crippen LogP contribution in [0.2, 0.25) is 0 Å². The molecule has 4 heteroatoms. The van der Waals surface area contributed by atoms with E-state index >= 15 is 0 Å². The van der Waals surface area contributed by atoms with Crippen molar-refractivity contribution in [3.05, 3.63) is 71.1 Å². The molecule has 0 aliphatic heterocycles. The van der Waals surface area contributed by atoms with E-state index in [4.69, 9.17) is 0 Å². The minimum Gasteiger partial charge on any atom is -0.300 e. The number of benzene rings is 2. The molecule has 96 valence electrons. The third kappa shape index (κ3) is 1.55. The molecule has 0 bridgehead atoms. The first-order valence-electron chi connectivity index (χ1n) is 6.37. The molecule has 2 aromatic heterocycles. The summed E-state index contributed by atoms with van der Waals surface area (Å²) in [6.07, 6.45) is 3.70. The van der Waals surface area contributed by atoms with Crippen LogP contribution in [0.25, 0.3) is 27.5 Å². The average Bonchev–Trinajstić information content (AvgIpc) is 2.92. The van der Waals surface area contributed by atoms with E-state index in [1.165, 1.54) is 0 Å². The fourth-order valence-corrected chi connectivity index (χ4v) is 2.51. The van der Waals surface area contributed by atoms with E-state index in [-0.39, 0.29) is 5.43 Å². The van der Waals surface area contributed by atoms with Gasteiger partial charge < -0.3 is 5.10 Å². The second-order valence-electron chi connectivity index (χ2n) is 4.69. The highest BCUT2D eigenvalue weighted by atomic mass is 16.1. The number of fused-ring (bicyclic) bond motifs is 3. The molecule has 0 unspecified atom stereocenters. The van der Waals surface area contributed by atoms with Crippen molar-refractivity contribution >= 4 is 21.8 Å². The maximum Gasteiger partial charge on any atom is 0.180 e. The average molecular weight is 261 g/mol. The topological polar surface area (TPSA) is 50.7 Å². The van der Waals surface area contributed by atoms with Gasteiger partial charge in [0.25, 0.3) is 0 Å². The van der Waals surface area contributed by atoms with Gasteiger partial charge in [0, 0.05) is 29.2 Å². The van der Waals surface area contributed by atoms with Crippen molar-refractivity contribution in [3.63, 3.8) is 0 Å². The Balaban J connectivity index is 2.16. The summed E-state index contributed by atoms with van der Waals surface area (Å²) in [6.45, 7) is 0. The summed E-state index contributed by atoms with van der Waals surface area (Å²) in [7, 11) is 0. The van der Waals surface area contributed by atoms with E-state index in [1.54, 1.807) is 18.3 Å². The van der Waals surface area contributed by atoms with Gasteiger partial charge in [0.05, 0.1) is 16.7 Å². The normalized spacial score (nSPS) is 11.2. The van der Waals surface area contributed by atoms with Crippen molar-refractivity contribution in [2.45, 2.75) is 0 Å². The van der Waals surface area contributed by atoms with Crippen molar-refractivity contribution in [3.8, 4) is 5.69 Å². The Morgan fingerprint density at radius 3 is 2.75 bits per heavy atom. The Kier molecular flexibility index (Phi) is 2.23. The quantitative estimate of drug-likeness (QED) is 0.572. The molecule has 0 aliphatic carbocycles. The van der Waals surface area contributed by atoms with Gasteiger partial charge in [0.1, 0.15) is 0 Å². The Bertz CT molecular complexity index is 967. The molecule has 1 N–H and O–H groups in total. The zero-order valence-electron chi connectivity index (χ0n) is 10.6. The molecule has 20 heavy (non-hydrogen) atoms. The summed E-state index contributed by atoms with van der Waals surface area (Å²) in [5.74, 6) is 0. The molecule has 0 aliphatic rings.